The molecule has 63 heavy (non-hydrogen) atoms. The molecule has 6 bridgehead atoms. The lowest BCUT2D eigenvalue weighted by molar-refractivity contribution is -0.202. The standard InChI is InChI=1S/C17H19BrO3.C17H22O3.C17H20O3.C2H4/c1-3-21-15(20)12-5-4-11(2)13(6-12)16-8-17(9-16,10-16)14(19)7-18;2*1-4-20-15(19)13-6-5-11(2)14(7-13)17-8-16(9-17,10-17)12(3)18;1-2/h4-6H,3,7-10H2,1-2H3;5-7,12,18H,4,8-10H2,1-3H3;5-7H,4,8-10H2,1-3H3;1-2H2. The molecule has 10 heteroatoms. The molecule has 0 saturated heterocycles. The molecule has 338 valence electrons. The lowest BCUT2D eigenvalue weighted by atomic mass is 9.32. The van der Waals surface area contributed by atoms with Gasteiger partial charge in [0.1, 0.15) is 11.6 Å². The minimum atomic E-state index is -0.267. The smallest absolute Gasteiger partial charge is 0.338 e. The molecule has 0 radical (unpaired) electrons. The van der Waals surface area contributed by atoms with Gasteiger partial charge in [-0.1, -0.05) is 34.1 Å². The summed E-state index contributed by atoms with van der Waals surface area (Å²) in [5.74, 6) is -0.133. The number of ether oxygens (including phenoxy) is 3. The number of hydrogen-bond donors (Lipinski definition) is 1. The fourth-order valence-corrected chi connectivity index (χ4v) is 12.8. The maximum absolute atomic E-state index is 12.0. The molecule has 9 aliphatic carbocycles. The van der Waals surface area contributed by atoms with Gasteiger partial charge in [0.15, 0.2) is 0 Å². The van der Waals surface area contributed by atoms with Gasteiger partial charge in [-0.15, -0.1) is 13.2 Å². The zero-order valence-electron chi connectivity index (χ0n) is 38.5. The van der Waals surface area contributed by atoms with Gasteiger partial charge < -0.3 is 19.3 Å². The number of halogens is 1. The SMILES string of the molecule is C=C.CCOC(=O)c1ccc(C)c(C23CC(C(=O)CBr)(C2)C3)c1.CCOC(=O)c1ccc(C)c(C23CC(C(C)=O)(C2)C3)c1.CCOC(=O)c1ccc(C)c(C23CC(C(C)O)(C2)C3)c1. The highest BCUT2D eigenvalue weighted by Crippen LogP contribution is 2.76. The molecule has 1 N–H and O–H groups in total. The lowest BCUT2D eigenvalue weighted by Gasteiger charge is -2.72. The summed E-state index contributed by atoms with van der Waals surface area (Å²) in [6, 6.07) is 17.4. The van der Waals surface area contributed by atoms with Crippen LogP contribution in [0.25, 0.3) is 0 Å². The molecule has 9 fully saturated rings. The number of ketones is 2. The maximum atomic E-state index is 12.0. The van der Waals surface area contributed by atoms with Crippen LogP contribution in [0.1, 0.15) is 157 Å². The number of carbonyl (C=O) groups is 5. The number of aryl methyl sites for hydroxylation is 3. The molecule has 9 nitrogen and oxygen atoms in total. The lowest BCUT2D eigenvalue weighted by Crippen LogP contribution is -2.68. The highest BCUT2D eigenvalue weighted by atomic mass is 79.9. The van der Waals surface area contributed by atoms with E-state index >= 15 is 0 Å². The van der Waals surface area contributed by atoms with E-state index in [1.54, 1.807) is 6.92 Å². The van der Waals surface area contributed by atoms with Crippen molar-refractivity contribution < 1.29 is 43.3 Å². The molecular formula is C53H65BrO9. The van der Waals surface area contributed by atoms with Crippen LogP contribution in [-0.2, 0) is 40.0 Å². The van der Waals surface area contributed by atoms with Gasteiger partial charge >= 0.3 is 17.9 Å². The van der Waals surface area contributed by atoms with Crippen LogP contribution in [0.2, 0.25) is 0 Å². The predicted molar refractivity (Wildman–Crippen MR) is 248 cm³/mol. The van der Waals surface area contributed by atoms with Gasteiger partial charge in [0, 0.05) is 10.8 Å². The molecule has 0 aliphatic heterocycles. The van der Waals surface area contributed by atoms with Crippen molar-refractivity contribution in [1.82, 2.24) is 0 Å². The number of Topliss-reactive ketones (excluding diaryl/α,β-unsaturated/α-hetero) is 2. The fraction of sp³-hybridized carbons (Fsp3) is 0.528. The van der Waals surface area contributed by atoms with Crippen molar-refractivity contribution in [3.63, 3.8) is 0 Å². The van der Waals surface area contributed by atoms with Crippen molar-refractivity contribution in [2.24, 2.45) is 16.2 Å². The Balaban J connectivity index is 0.000000154. The van der Waals surface area contributed by atoms with Crippen LogP contribution in [0.4, 0.5) is 0 Å². The summed E-state index contributed by atoms with van der Waals surface area (Å²) < 4.78 is 15.2. The average molecular weight is 926 g/mol. The normalized spacial score (nSPS) is 29.6. The largest absolute Gasteiger partial charge is 0.462 e. The van der Waals surface area contributed by atoms with Gasteiger partial charge in [0.05, 0.1) is 47.9 Å². The number of carbonyl (C=O) groups excluding carboxylic acids is 5. The number of rotatable bonds is 13. The van der Waals surface area contributed by atoms with E-state index in [0.29, 0.717) is 53.4 Å². The number of benzene rings is 3. The molecule has 0 spiro atoms. The second kappa shape index (κ2) is 17.9. The van der Waals surface area contributed by atoms with Crippen LogP contribution in [-0.4, -0.2) is 65.8 Å². The third kappa shape index (κ3) is 8.17. The Morgan fingerprint density at radius 2 is 0.889 bits per heavy atom. The first-order chi connectivity index (χ1) is 29.8. The zero-order chi connectivity index (χ0) is 46.3. The Morgan fingerprint density at radius 3 is 1.16 bits per heavy atom. The van der Waals surface area contributed by atoms with E-state index in [0.717, 1.165) is 57.8 Å². The zero-order valence-corrected chi connectivity index (χ0v) is 40.1. The number of aliphatic hydroxyl groups excluding tert-OH is 1. The number of esters is 3. The minimum absolute atomic E-state index is 0.0492. The first-order valence-electron chi connectivity index (χ1n) is 22.4. The van der Waals surface area contributed by atoms with Gasteiger partial charge in [-0.3, -0.25) is 9.59 Å². The van der Waals surface area contributed by atoms with Gasteiger partial charge in [0.25, 0.3) is 0 Å². The molecule has 3 aromatic carbocycles. The third-order valence-electron chi connectivity index (χ3n) is 15.4. The molecule has 9 aliphatic rings. The van der Waals surface area contributed by atoms with Crippen molar-refractivity contribution in [2.45, 2.75) is 136 Å². The van der Waals surface area contributed by atoms with E-state index in [1.165, 1.54) is 33.4 Å². The summed E-state index contributed by atoms with van der Waals surface area (Å²) in [6.45, 7) is 22.5. The molecule has 0 aromatic heterocycles. The molecule has 0 heterocycles. The first-order valence-corrected chi connectivity index (χ1v) is 23.6. The molecule has 12 rings (SSSR count). The van der Waals surface area contributed by atoms with Crippen molar-refractivity contribution in [3.05, 3.63) is 118 Å². The second-order valence-electron chi connectivity index (χ2n) is 19.4. The van der Waals surface area contributed by atoms with Crippen LogP contribution < -0.4 is 0 Å². The highest BCUT2D eigenvalue weighted by Gasteiger charge is 2.72. The van der Waals surface area contributed by atoms with Crippen LogP contribution >= 0.6 is 15.9 Å². The Hall–Kier alpha value is -4.41. The summed E-state index contributed by atoms with van der Waals surface area (Å²) in [5.41, 5.74) is 9.69. The van der Waals surface area contributed by atoms with Gasteiger partial charge in [0.2, 0.25) is 0 Å². The summed E-state index contributed by atoms with van der Waals surface area (Å²) in [4.78, 5) is 59.2. The minimum Gasteiger partial charge on any atom is -0.462 e. The molecule has 1 atom stereocenters. The van der Waals surface area contributed by atoms with Crippen molar-refractivity contribution in [3.8, 4) is 0 Å². The van der Waals surface area contributed by atoms with Crippen LogP contribution in [0.3, 0.4) is 0 Å². The van der Waals surface area contributed by atoms with E-state index in [-0.39, 0.29) is 56.5 Å². The summed E-state index contributed by atoms with van der Waals surface area (Å²) in [5, 5.41) is 10.3. The van der Waals surface area contributed by atoms with E-state index in [9.17, 15) is 29.1 Å². The van der Waals surface area contributed by atoms with Crippen molar-refractivity contribution >= 4 is 45.4 Å². The Kier molecular flexibility index (Phi) is 13.6. The third-order valence-corrected chi connectivity index (χ3v) is 15.9. The van der Waals surface area contributed by atoms with Crippen molar-refractivity contribution in [1.29, 1.82) is 0 Å². The van der Waals surface area contributed by atoms with Crippen LogP contribution in [0.15, 0.2) is 67.8 Å². The van der Waals surface area contributed by atoms with E-state index < -0.39 is 0 Å². The summed E-state index contributed by atoms with van der Waals surface area (Å²) in [6.07, 6.45) is 8.54. The fourth-order valence-electron chi connectivity index (χ4n) is 12.2. The number of alkyl halides is 1. The summed E-state index contributed by atoms with van der Waals surface area (Å²) in [7, 11) is 0. The average Bonchev–Trinajstić information content (AvgIpc) is 3.15. The number of aliphatic hydroxyl groups is 1. The van der Waals surface area contributed by atoms with E-state index in [2.05, 4.69) is 49.9 Å². The van der Waals surface area contributed by atoms with Crippen LogP contribution in [0.5, 0.6) is 0 Å². The van der Waals surface area contributed by atoms with E-state index in [1.807, 2.05) is 82.3 Å². The second-order valence-corrected chi connectivity index (χ2v) is 20.0. The summed E-state index contributed by atoms with van der Waals surface area (Å²) >= 11 is 3.28. The van der Waals surface area contributed by atoms with Gasteiger partial charge in [-0.2, -0.15) is 0 Å². The molecular weight excluding hydrogens is 860 g/mol. The number of hydrogen-bond acceptors (Lipinski definition) is 9. The Labute approximate surface area is 381 Å². The molecule has 1 unspecified atom stereocenters. The van der Waals surface area contributed by atoms with Gasteiger partial charge in [-0.05, 0) is 205 Å². The predicted octanol–water partition coefficient (Wildman–Crippen LogP) is 10.5. The monoisotopic (exact) mass is 924 g/mol. The quantitative estimate of drug-likeness (QED) is 0.0770. The van der Waals surface area contributed by atoms with Gasteiger partial charge in [-0.25, -0.2) is 14.4 Å². The highest BCUT2D eigenvalue weighted by molar-refractivity contribution is 9.09. The van der Waals surface area contributed by atoms with Crippen LogP contribution in [0, 0.1) is 37.0 Å². The molecule has 0 amide bonds. The first kappa shape index (κ1) is 48.1. The molecule has 3 aromatic rings. The Bertz CT molecular complexity index is 2240. The molecule has 9 saturated carbocycles. The van der Waals surface area contributed by atoms with Crippen molar-refractivity contribution in [2.75, 3.05) is 25.2 Å². The Morgan fingerprint density at radius 1 is 0.587 bits per heavy atom. The maximum Gasteiger partial charge on any atom is 0.338 e. The topological polar surface area (TPSA) is 133 Å². The van der Waals surface area contributed by atoms with E-state index in [4.69, 9.17) is 14.2 Å².